The summed E-state index contributed by atoms with van der Waals surface area (Å²) in [4.78, 5) is 20.7. The average Bonchev–Trinajstić information content (AvgIpc) is 2.92. The Labute approximate surface area is 120 Å². The molecule has 1 saturated carbocycles. The maximum Gasteiger partial charge on any atom is 0.244 e. The van der Waals surface area contributed by atoms with E-state index < -0.39 is 14.3 Å². The summed E-state index contributed by atoms with van der Waals surface area (Å²) in [5, 5.41) is 7.97. The summed E-state index contributed by atoms with van der Waals surface area (Å²) in [5.74, 6) is -0.707. The number of nitrogens with zero attached hydrogens (tertiary/aromatic N) is 2. The molecular weight excluding hydrogens is 315 g/mol. The number of carbonyl (C=O) groups is 2. The van der Waals surface area contributed by atoms with Crippen LogP contribution in [-0.4, -0.2) is 29.9 Å². The van der Waals surface area contributed by atoms with Gasteiger partial charge < -0.3 is 0 Å². The van der Waals surface area contributed by atoms with Crippen molar-refractivity contribution < 1.29 is 18.0 Å². The number of hydrogen-bond donors (Lipinski definition) is 0. The monoisotopic (exact) mass is 326 g/mol. The minimum absolute atomic E-state index is 0.117. The lowest BCUT2D eigenvalue weighted by Crippen LogP contribution is -2.16. The van der Waals surface area contributed by atoms with E-state index in [2.05, 4.69) is 0 Å². The molecule has 2 aliphatic rings. The molecule has 0 bridgehead atoms. The van der Waals surface area contributed by atoms with Crippen molar-refractivity contribution in [2.24, 2.45) is 5.92 Å². The Morgan fingerprint density at radius 2 is 1.74 bits per heavy atom. The number of halogens is 2. The van der Waals surface area contributed by atoms with Crippen molar-refractivity contribution in [2.45, 2.75) is 37.4 Å². The zero-order valence-electron chi connectivity index (χ0n) is 9.88. The molecule has 2 unspecified atom stereocenters. The van der Waals surface area contributed by atoms with E-state index >= 15 is 0 Å². The molecule has 0 radical (unpaired) electrons. The van der Waals surface area contributed by atoms with Crippen LogP contribution in [0, 0.1) is 17.2 Å². The van der Waals surface area contributed by atoms with Crippen molar-refractivity contribution in [2.75, 3.05) is 0 Å². The van der Waals surface area contributed by atoms with E-state index in [-0.39, 0.29) is 30.6 Å². The third-order valence-corrected chi connectivity index (χ3v) is 5.31. The molecule has 6 nitrogen and oxygen atoms in total. The number of hydrogen-bond acceptors (Lipinski definition) is 5. The maximum absolute atomic E-state index is 10.8. The molecule has 0 aromatic heterocycles. The van der Waals surface area contributed by atoms with Crippen molar-refractivity contribution in [3.63, 3.8) is 0 Å². The molecule has 0 aromatic rings. The van der Waals surface area contributed by atoms with Crippen molar-refractivity contribution in [3.05, 3.63) is 0 Å². The second kappa shape index (κ2) is 6.55. The van der Waals surface area contributed by atoms with E-state index in [4.69, 9.17) is 27.7 Å². The lowest BCUT2D eigenvalue weighted by atomic mass is 10.1. The van der Waals surface area contributed by atoms with Crippen LogP contribution >= 0.6 is 22.5 Å². The Morgan fingerprint density at radius 1 is 1.21 bits per heavy atom. The maximum atomic E-state index is 10.8. The fourth-order valence-corrected chi connectivity index (χ4v) is 3.40. The fraction of sp³-hybridized carbons (Fsp3) is 0.700. The van der Waals surface area contributed by atoms with E-state index in [1.165, 1.54) is 0 Å². The molecule has 2 atom stereocenters. The van der Waals surface area contributed by atoms with Crippen molar-refractivity contribution in [1.82, 2.24) is 4.42 Å². The average molecular weight is 327 g/mol. The normalized spacial score (nSPS) is 26.9. The minimum atomic E-state index is -3.42. The van der Waals surface area contributed by atoms with Gasteiger partial charge in [-0.05, 0) is 19.3 Å². The minimum Gasteiger partial charge on any atom is -0.273 e. The number of imide groups is 1. The van der Waals surface area contributed by atoms with E-state index in [0.717, 1.165) is 0 Å². The van der Waals surface area contributed by atoms with Crippen LogP contribution in [0.1, 0.15) is 32.1 Å². The SMILES string of the molecule is N#CC1CCC(S(=O)(=O)Cl)C1.O=C1CCC(=O)N1Cl. The zero-order valence-corrected chi connectivity index (χ0v) is 12.2. The van der Waals surface area contributed by atoms with Gasteiger partial charge in [0.2, 0.25) is 20.9 Å². The van der Waals surface area contributed by atoms with Gasteiger partial charge in [0.25, 0.3) is 0 Å². The summed E-state index contributed by atoms with van der Waals surface area (Å²) in [6, 6.07) is 2.04. The number of amides is 2. The van der Waals surface area contributed by atoms with Crippen LogP contribution < -0.4 is 0 Å². The van der Waals surface area contributed by atoms with Crippen molar-refractivity contribution in [3.8, 4) is 6.07 Å². The van der Waals surface area contributed by atoms with Crippen LogP contribution in [0.5, 0.6) is 0 Å². The lowest BCUT2D eigenvalue weighted by Gasteiger charge is -2.01. The molecule has 2 rings (SSSR count). The largest absolute Gasteiger partial charge is 0.273 e. The highest BCUT2D eigenvalue weighted by atomic mass is 35.7. The predicted octanol–water partition coefficient (Wildman–Crippen LogP) is 1.54. The summed E-state index contributed by atoms with van der Waals surface area (Å²) in [5.41, 5.74) is 0. The quantitative estimate of drug-likeness (QED) is 0.413. The van der Waals surface area contributed by atoms with E-state index in [1.807, 2.05) is 6.07 Å². The Hall–Kier alpha value is -0.840. The molecular formula is C10H12Cl2N2O4S. The van der Waals surface area contributed by atoms with Gasteiger partial charge in [0, 0.05) is 41.2 Å². The second-order valence-corrected chi connectivity index (χ2v) is 7.55. The molecule has 0 spiro atoms. The standard InChI is InChI=1S/C6H8ClNO2S.C4H4ClNO2/c7-11(9,10)6-2-1-5(3-6)4-8;5-6-3(7)1-2-4(6)8/h5-6H,1-3H2;1-2H2. The Kier molecular flexibility index (Phi) is 5.59. The molecule has 0 aromatic carbocycles. The highest BCUT2D eigenvalue weighted by Gasteiger charge is 2.32. The van der Waals surface area contributed by atoms with Crippen LogP contribution in [0.4, 0.5) is 0 Å². The highest BCUT2D eigenvalue weighted by Crippen LogP contribution is 2.31. The van der Waals surface area contributed by atoms with E-state index in [9.17, 15) is 18.0 Å². The molecule has 1 heterocycles. The van der Waals surface area contributed by atoms with Gasteiger partial charge in [0.05, 0.1) is 11.3 Å². The summed E-state index contributed by atoms with van der Waals surface area (Å²) >= 11 is 5.15. The fourth-order valence-electron chi connectivity index (χ4n) is 1.86. The zero-order chi connectivity index (χ0) is 14.6. The smallest absolute Gasteiger partial charge is 0.244 e. The third kappa shape index (κ3) is 4.64. The molecule has 19 heavy (non-hydrogen) atoms. The number of rotatable bonds is 1. The van der Waals surface area contributed by atoms with Crippen molar-refractivity contribution >= 4 is 43.3 Å². The summed E-state index contributed by atoms with van der Waals surface area (Å²) in [7, 11) is 1.70. The van der Waals surface area contributed by atoms with Gasteiger partial charge in [-0.25, -0.2) is 8.42 Å². The third-order valence-electron chi connectivity index (χ3n) is 2.96. The first-order chi connectivity index (χ1) is 8.75. The van der Waals surface area contributed by atoms with Gasteiger partial charge in [-0.1, -0.05) is 0 Å². The molecule has 0 N–H and O–H groups in total. The Bertz CT molecular complexity index is 498. The summed E-state index contributed by atoms with van der Waals surface area (Å²) < 4.78 is 22.1. The summed E-state index contributed by atoms with van der Waals surface area (Å²) in [6.07, 6.45) is 2.13. The van der Waals surface area contributed by atoms with Crippen LogP contribution in [0.3, 0.4) is 0 Å². The molecule has 2 amide bonds. The van der Waals surface area contributed by atoms with Gasteiger partial charge in [0.15, 0.2) is 0 Å². The summed E-state index contributed by atoms with van der Waals surface area (Å²) in [6.45, 7) is 0. The van der Waals surface area contributed by atoms with Crippen LogP contribution in [-0.2, 0) is 18.6 Å². The van der Waals surface area contributed by atoms with Gasteiger partial charge in [-0.3, -0.25) is 9.59 Å². The second-order valence-electron chi connectivity index (χ2n) is 4.30. The molecule has 106 valence electrons. The van der Waals surface area contributed by atoms with E-state index in [1.54, 1.807) is 0 Å². The van der Waals surface area contributed by atoms with Gasteiger partial charge in [-0.15, -0.1) is 0 Å². The lowest BCUT2D eigenvalue weighted by molar-refractivity contribution is -0.132. The molecule has 1 aliphatic carbocycles. The van der Waals surface area contributed by atoms with Gasteiger partial charge in [0.1, 0.15) is 0 Å². The Morgan fingerprint density at radius 3 is 1.95 bits per heavy atom. The number of nitriles is 1. The Balaban J connectivity index is 0.000000200. The highest BCUT2D eigenvalue weighted by molar-refractivity contribution is 8.14. The first-order valence-electron chi connectivity index (χ1n) is 5.60. The molecule has 9 heteroatoms. The van der Waals surface area contributed by atoms with Crippen LogP contribution in [0.15, 0.2) is 0 Å². The molecule has 1 saturated heterocycles. The molecule has 1 aliphatic heterocycles. The van der Waals surface area contributed by atoms with Gasteiger partial charge >= 0.3 is 0 Å². The first-order valence-corrected chi connectivity index (χ1v) is 8.31. The number of carbonyl (C=O) groups excluding carboxylic acids is 2. The first kappa shape index (κ1) is 16.2. The van der Waals surface area contributed by atoms with Crippen molar-refractivity contribution in [1.29, 1.82) is 5.26 Å². The van der Waals surface area contributed by atoms with Crippen LogP contribution in [0.2, 0.25) is 0 Å². The van der Waals surface area contributed by atoms with E-state index in [0.29, 0.717) is 23.7 Å². The predicted molar refractivity (Wildman–Crippen MR) is 68.5 cm³/mol. The molecule has 2 fully saturated rings. The van der Waals surface area contributed by atoms with Crippen LogP contribution in [0.25, 0.3) is 0 Å². The topological polar surface area (TPSA) is 95.3 Å². The van der Waals surface area contributed by atoms with Gasteiger partial charge in [-0.2, -0.15) is 9.68 Å².